The van der Waals surface area contributed by atoms with E-state index < -0.39 is 10.0 Å². The largest absolute Gasteiger partial charge is 0.496 e. The summed E-state index contributed by atoms with van der Waals surface area (Å²) in [5.74, 6) is 0.674. The van der Waals surface area contributed by atoms with Crippen LogP contribution in [0.5, 0.6) is 5.75 Å². The van der Waals surface area contributed by atoms with Crippen LogP contribution in [0.3, 0.4) is 0 Å². The molecule has 1 rings (SSSR count). The van der Waals surface area contributed by atoms with Crippen LogP contribution in [-0.4, -0.2) is 21.6 Å². The van der Waals surface area contributed by atoms with Gasteiger partial charge in [-0.3, -0.25) is 0 Å². The molecule has 0 saturated carbocycles. The van der Waals surface area contributed by atoms with Crippen molar-refractivity contribution >= 4 is 32.6 Å². The van der Waals surface area contributed by atoms with Crippen LogP contribution in [0.1, 0.15) is 20.3 Å². The molecular formula is C11H16INO3S. The van der Waals surface area contributed by atoms with E-state index in [1.807, 2.05) is 13.8 Å². The fraction of sp³-hybridized carbons (Fsp3) is 0.455. The monoisotopic (exact) mass is 369 g/mol. The summed E-state index contributed by atoms with van der Waals surface area (Å²) in [6.07, 6.45) is 0.756. The van der Waals surface area contributed by atoms with Gasteiger partial charge >= 0.3 is 0 Å². The third-order valence-corrected chi connectivity index (χ3v) is 4.83. The third kappa shape index (κ3) is 3.82. The zero-order valence-corrected chi connectivity index (χ0v) is 13.0. The van der Waals surface area contributed by atoms with Crippen LogP contribution in [0.2, 0.25) is 0 Å². The second kappa shape index (κ2) is 6.01. The Hall–Kier alpha value is -0.340. The number of ether oxygens (including phenoxy) is 1. The van der Waals surface area contributed by atoms with Crippen LogP contribution in [0.4, 0.5) is 0 Å². The van der Waals surface area contributed by atoms with Crippen molar-refractivity contribution < 1.29 is 13.2 Å². The molecule has 1 N–H and O–H groups in total. The molecule has 96 valence electrons. The molecule has 0 radical (unpaired) electrons. The van der Waals surface area contributed by atoms with Gasteiger partial charge in [-0.05, 0) is 54.1 Å². The molecule has 0 saturated heterocycles. The minimum atomic E-state index is -3.43. The molecule has 1 aromatic carbocycles. The highest BCUT2D eigenvalue weighted by Gasteiger charge is 2.17. The summed E-state index contributed by atoms with van der Waals surface area (Å²) in [6, 6.07) is 4.74. The number of halogens is 1. The van der Waals surface area contributed by atoms with E-state index in [1.54, 1.807) is 25.3 Å². The first-order chi connectivity index (χ1) is 7.90. The zero-order chi connectivity index (χ0) is 13.1. The molecule has 0 amide bonds. The normalized spacial score (nSPS) is 13.4. The molecular weight excluding hydrogens is 353 g/mol. The van der Waals surface area contributed by atoms with Gasteiger partial charge in [0.1, 0.15) is 5.75 Å². The summed E-state index contributed by atoms with van der Waals surface area (Å²) in [6.45, 7) is 3.77. The van der Waals surface area contributed by atoms with Crippen LogP contribution in [0.25, 0.3) is 0 Å². The molecule has 0 heterocycles. The molecule has 0 aliphatic carbocycles. The van der Waals surface area contributed by atoms with Crippen molar-refractivity contribution in [3.05, 3.63) is 21.8 Å². The molecule has 0 aliphatic heterocycles. The van der Waals surface area contributed by atoms with Crippen LogP contribution in [0.15, 0.2) is 23.1 Å². The van der Waals surface area contributed by atoms with Gasteiger partial charge in [-0.2, -0.15) is 0 Å². The predicted molar refractivity (Wildman–Crippen MR) is 75.8 cm³/mol. The van der Waals surface area contributed by atoms with Gasteiger partial charge in [0.25, 0.3) is 0 Å². The maximum atomic E-state index is 12.0. The molecule has 4 nitrogen and oxygen atoms in total. The quantitative estimate of drug-likeness (QED) is 0.811. The number of hydrogen-bond acceptors (Lipinski definition) is 3. The summed E-state index contributed by atoms with van der Waals surface area (Å²) in [7, 11) is -1.87. The number of benzene rings is 1. The lowest BCUT2D eigenvalue weighted by atomic mass is 10.3. The molecule has 0 aliphatic rings. The van der Waals surface area contributed by atoms with Gasteiger partial charge in [-0.25, -0.2) is 13.1 Å². The minimum Gasteiger partial charge on any atom is -0.496 e. The molecule has 0 bridgehead atoms. The first-order valence-corrected chi connectivity index (χ1v) is 7.82. The van der Waals surface area contributed by atoms with Gasteiger partial charge in [0, 0.05) is 6.04 Å². The maximum Gasteiger partial charge on any atom is 0.240 e. The first kappa shape index (κ1) is 14.7. The predicted octanol–water partition coefficient (Wildman–Crippen LogP) is 2.38. The Morgan fingerprint density at radius 3 is 2.59 bits per heavy atom. The standard InChI is InChI=1S/C11H16INO3S/c1-4-8(2)13-17(14,15)9-5-6-11(16-3)10(12)7-9/h5-8,13H,4H2,1-3H3. The van der Waals surface area contributed by atoms with E-state index in [0.29, 0.717) is 5.75 Å². The SMILES string of the molecule is CCC(C)NS(=O)(=O)c1ccc(OC)c(I)c1. The van der Waals surface area contributed by atoms with Crippen LogP contribution < -0.4 is 9.46 Å². The molecule has 6 heteroatoms. The first-order valence-electron chi connectivity index (χ1n) is 5.26. The van der Waals surface area contributed by atoms with Gasteiger partial charge < -0.3 is 4.74 Å². The second-order valence-corrected chi connectivity index (χ2v) is 6.60. The number of nitrogens with one attached hydrogen (secondary N) is 1. The Balaban J connectivity index is 3.04. The smallest absolute Gasteiger partial charge is 0.240 e. The Morgan fingerprint density at radius 1 is 1.47 bits per heavy atom. The van der Waals surface area contributed by atoms with Gasteiger partial charge in [0.2, 0.25) is 10.0 Å². The molecule has 0 aromatic heterocycles. The Morgan fingerprint density at radius 2 is 2.12 bits per heavy atom. The van der Waals surface area contributed by atoms with Crippen LogP contribution in [0, 0.1) is 3.57 Å². The van der Waals surface area contributed by atoms with E-state index in [0.717, 1.165) is 9.99 Å². The number of hydrogen-bond donors (Lipinski definition) is 1. The van der Waals surface area contributed by atoms with Crippen molar-refractivity contribution in [1.29, 1.82) is 0 Å². The van der Waals surface area contributed by atoms with E-state index in [-0.39, 0.29) is 10.9 Å². The fourth-order valence-corrected chi connectivity index (χ4v) is 3.53. The van der Waals surface area contributed by atoms with E-state index in [1.165, 1.54) is 0 Å². The topological polar surface area (TPSA) is 55.4 Å². The van der Waals surface area contributed by atoms with Gasteiger partial charge in [0.05, 0.1) is 15.6 Å². The van der Waals surface area contributed by atoms with Crippen LogP contribution in [-0.2, 0) is 10.0 Å². The van der Waals surface area contributed by atoms with Crippen LogP contribution >= 0.6 is 22.6 Å². The number of methoxy groups -OCH3 is 1. The Bertz CT molecular complexity index is 487. The van der Waals surface area contributed by atoms with E-state index in [4.69, 9.17) is 4.74 Å². The van der Waals surface area contributed by atoms with E-state index in [9.17, 15) is 8.42 Å². The summed E-state index contributed by atoms with van der Waals surface area (Å²) in [5, 5.41) is 0. The maximum absolute atomic E-state index is 12.0. The van der Waals surface area contributed by atoms with Crippen molar-refractivity contribution in [2.75, 3.05) is 7.11 Å². The Labute approximate surface area is 116 Å². The molecule has 1 unspecified atom stereocenters. The number of sulfonamides is 1. The van der Waals surface area contributed by atoms with Gasteiger partial charge in [-0.1, -0.05) is 6.92 Å². The third-order valence-electron chi connectivity index (χ3n) is 2.40. The lowest BCUT2D eigenvalue weighted by Gasteiger charge is -2.13. The van der Waals surface area contributed by atoms with Gasteiger partial charge in [0.15, 0.2) is 0 Å². The van der Waals surface area contributed by atoms with E-state index >= 15 is 0 Å². The Kier molecular flexibility index (Phi) is 5.21. The molecule has 1 aromatic rings. The highest BCUT2D eigenvalue weighted by atomic mass is 127. The van der Waals surface area contributed by atoms with Gasteiger partial charge in [-0.15, -0.1) is 0 Å². The summed E-state index contributed by atoms with van der Waals surface area (Å²) < 4.78 is 32.5. The molecule has 1 atom stereocenters. The minimum absolute atomic E-state index is 0.0697. The fourth-order valence-electron chi connectivity index (χ4n) is 1.23. The molecule has 0 fully saturated rings. The summed E-state index contributed by atoms with van der Waals surface area (Å²) >= 11 is 2.05. The highest BCUT2D eigenvalue weighted by molar-refractivity contribution is 14.1. The average molecular weight is 369 g/mol. The van der Waals surface area contributed by atoms with Crippen molar-refractivity contribution in [2.45, 2.75) is 31.2 Å². The number of rotatable bonds is 5. The lowest BCUT2D eigenvalue weighted by molar-refractivity contribution is 0.411. The average Bonchev–Trinajstić information content (AvgIpc) is 2.28. The van der Waals surface area contributed by atoms with Crippen molar-refractivity contribution in [3.63, 3.8) is 0 Å². The van der Waals surface area contributed by atoms with Crippen molar-refractivity contribution in [2.24, 2.45) is 0 Å². The molecule has 0 spiro atoms. The molecule has 17 heavy (non-hydrogen) atoms. The van der Waals surface area contributed by atoms with Crippen molar-refractivity contribution in [3.8, 4) is 5.75 Å². The summed E-state index contributed by atoms with van der Waals surface area (Å²) in [5.41, 5.74) is 0. The second-order valence-electron chi connectivity index (χ2n) is 3.73. The highest BCUT2D eigenvalue weighted by Crippen LogP contribution is 2.23. The van der Waals surface area contributed by atoms with Crippen molar-refractivity contribution in [1.82, 2.24) is 4.72 Å². The zero-order valence-electron chi connectivity index (χ0n) is 10.0. The lowest BCUT2D eigenvalue weighted by Crippen LogP contribution is -2.32. The van der Waals surface area contributed by atoms with E-state index in [2.05, 4.69) is 27.3 Å². The summed E-state index contributed by atoms with van der Waals surface area (Å²) in [4.78, 5) is 0.267.